The minimum Gasteiger partial charge on any atom is -0.381 e. The highest BCUT2D eigenvalue weighted by molar-refractivity contribution is 4.81. The molecule has 0 spiro atoms. The zero-order valence-electron chi connectivity index (χ0n) is 12.1. The molecule has 0 heterocycles. The van der Waals surface area contributed by atoms with E-state index in [-0.39, 0.29) is 0 Å². The molecule has 1 fully saturated rings. The van der Waals surface area contributed by atoms with Crippen molar-refractivity contribution in [1.82, 2.24) is 5.32 Å². The van der Waals surface area contributed by atoms with Gasteiger partial charge < -0.3 is 10.1 Å². The third-order valence-corrected chi connectivity index (χ3v) is 3.88. The molecule has 0 atom stereocenters. The Kier molecular flexibility index (Phi) is 7.14. The molecular formula is C15H31NO. The second kappa shape index (κ2) is 8.10. The second-order valence-electron chi connectivity index (χ2n) is 6.21. The quantitative estimate of drug-likeness (QED) is 0.653. The van der Waals surface area contributed by atoms with Gasteiger partial charge in [0.25, 0.3) is 0 Å². The normalized spacial score (nSPS) is 20.6. The molecule has 0 aromatic heterocycles. The summed E-state index contributed by atoms with van der Waals surface area (Å²) in [7, 11) is 0. The van der Waals surface area contributed by atoms with Crippen molar-refractivity contribution in [2.24, 2.45) is 5.41 Å². The van der Waals surface area contributed by atoms with Gasteiger partial charge in [0.2, 0.25) is 0 Å². The van der Waals surface area contributed by atoms with Crippen molar-refractivity contribution in [3.63, 3.8) is 0 Å². The summed E-state index contributed by atoms with van der Waals surface area (Å²) in [5.41, 5.74) is 0.585. The number of hydrogen-bond acceptors (Lipinski definition) is 2. The maximum absolute atomic E-state index is 5.56. The number of hydrogen-bond donors (Lipinski definition) is 1. The molecule has 1 N–H and O–H groups in total. The van der Waals surface area contributed by atoms with Crippen molar-refractivity contribution in [2.75, 3.05) is 19.8 Å². The van der Waals surface area contributed by atoms with Crippen LogP contribution in [0, 0.1) is 5.41 Å². The molecule has 1 aliphatic rings. The fraction of sp³-hybridized carbons (Fsp3) is 1.00. The lowest BCUT2D eigenvalue weighted by molar-refractivity contribution is 0.126. The van der Waals surface area contributed by atoms with Crippen molar-refractivity contribution in [3.05, 3.63) is 0 Å². The van der Waals surface area contributed by atoms with Crippen LogP contribution in [-0.2, 0) is 4.74 Å². The SMILES string of the molecule is CCCCOCCCNC1CCC(C)(C)CC1. The van der Waals surface area contributed by atoms with E-state index >= 15 is 0 Å². The fourth-order valence-corrected chi connectivity index (χ4v) is 2.43. The van der Waals surface area contributed by atoms with E-state index in [0.29, 0.717) is 5.41 Å². The molecule has 1 saturated carbocycles. The number of ether oxygens (including phenoxy) is 1. The predicted molar refractivity (Wildman–Crippen MR) is 74.4 cm³/mol. The molecule has 0 saturated heterocycles. The van der Waals surface area contributed by atoms with Crippen LogP contribution in [0.5, 0.6) is 0 Å². The average molecular weight is 241 g/mol. The molecule has 0 unspecified atom stereocenters. The van der Waals surface area contributed by atoms with Crippen LogP contribution in [0.3, 0.4) is 0 Å². The van der Waals surface area contributed by atoms with Gasteiger partial charge in [0.15, 0.2) is 0 Å². The van der Waals surface area contributed by atoms with Gasteiger partial charge in [-0.2, -0.15) is 0 Å². The minimum absolute atomic E-state index is 0.585. The number of nitrogens with one attached hydrogen (secondary N) is 1. The Morgan fingerprint density at radius 3 is 2.41 bits per heavy atom. The Morgan fingerprint density at radius 2 is 1.76 bits per heavy atom. The fourth-order valence-electron chi connectivity index (χ4n) is 2.43. The van der Waals surface area contributed by atoms with Crippen molar-refractivity contribution in [1.29, 1.82) is 0 Å². The van der Waals surface area contributed by atoms with Gasteiger partial charge in [-0.15, -0.1) is 0 Å². The van der Waals surface area contributed by atoms with Gasteiger partial charge in [0, 0.05) is 19.3 Å². The summed E-state index contributed by atoms with van der Waals surface area (Å²) < 4.78 is 5.56. The van der Waals surface area contributed by atoms with Gasteiger partial charge in [-0.1, -0.05) is 27.2 Å². The summed E-state index contributed by atoms with van der Waals surface area (Å²) in [5.74, 6) is 0. The first-order valence-corrected chi connectivity index (χ1v) is 7.45. The Balaban J connectivity index is 1.90. The van der Waals surface area contributed by atoms with E-state index in [4.69, 9.17) is 4.74 Å². The average Bonchev–Trinajstić information content (AvgIpc) is 2.30. The predicted octanol–water partition coefficient (Wildman–Crippen LogP) is 3.75. The molecule has 0 amide bonds. The van der Waals surface area contributed by atoms with E-state index < -0.39 is 0 Å². The molecule has 0 aromatic carbocycles. The summed E-state index contributed by atoms with van der Waals surface area (Å²) in [6.45, 7) is 9.97. The molecule has 0 radical (unpaired) electrons. The lowest BCUT2D eigenvalue weighted by Gasteiger charge is -2.34. The van der Waals surface area contributed by atoms with Crippen LogP contribution in [0.4, 0.5) is 0 Å². The molecule has 0 aromatic rings. The topological polar surface area (TPSA) is 21.3 Å². The van der Waals surface area contributed by atoms with Gasteiger partial charge in [-0.05, 0) is 50.5 Å². The van der Waals surface area contributed by atoms with Gasteiger partial charge in [-0.3, -0.25) is 0 Å². The van der Waals surface area contributed by atoms with Crippen LogP contribution in [0.25, 0.3) is 0 Å². The van der Waals surface area contributed by atoms with Crippen LogP contribution in [0.2, 0.25) is 0 Å². The van der Waals surface area contributed by atoms with Crippen molar-refractivity contribution < 1.29 is 4.74 Å². The number of unbranched alkanes of at least 4 members (excludes halogenated alkanes) is 1. The highest BCUT2D eigenvalue weighted by atomic mass is 16.5. The van der Waals surface area contributed by atoms with Crippen molar-refractivity contribution in [3.8, 4) is 0 Å². The third-order valence-electron chi connectivity index (χ3n) is 3.88. The maximum atomic E-state index is 5.56. The summed E-state index contributed by atoms with van der Waals surface area (Å²) in [4.78, 5) is 0. The first-order chi connectivity index (χ1) is 8.14. The first kappa shape index (κ1) is 15.0. The summed E-state index contributed by atoms with van der Waals surface area (Å²) in [6, 6.07) is 0.763. The lowest BCUT2D eigenvalue weighted by Crippen LogP contribution is -2.36. The Bertz CT molecular complexity index is 181. The maximum Gasteiger partial charge on any atom is 0.0478 e. The van der Waals surface area contributed by atoms with E-state index in [1.54, 1.807) is 0 Å². The molecule has 1 aliphatic carbocycles. The lowest BCUT2D eigenvalue weighted by atomic mass is 9.75. The molecule has 0 bridgehead atoms. The second-order valence-corrected chi connectivity index (χ2v) is 6.21. The molecular weight excluding hydrogens is 210 g/mol. The molecule has 2 nitrogen and oxygen atoms in total. The smallest absolute Gasteiger partial charge is 0.0478 e. The van der Waals surface area contributed by atoms with Crippen molar-refractivity contribution in [2.45, 2.75) is 71.8 Å². The third kappa shape index (κ3) is 7.05. The minimum atomic E-state index is 0.585. The van der Waals surface area contributed by atoms with Crippen LogP contribution in [0.15, 0.2) is 0 Å². The van der Waals surface area contributed by atoms with E-state index in [1.165, 1.54) is 38.5 Å². The first-order valence-electron chi connectivity index (χ1n) is 7.45. The Hall–Kier alpha value is -0.0800. The van der Waals surface area contributed by atoms with Gasteiger partial charge in [-0.25, -0.2) is 0 Å². The largest absolute Gasteiger partial charge is 0.381 e. The van der Waals surface area contributed by atoms with E-state index in [2.05, 4.69) is 26.1 Å². The Morgan fingerprint density at radius 1 is 1.12 bits per heavy atom. The summed E-state index contributed by atoms with van der Waals surface area (Å²) in [6.07, 6.45) is 9.04. The monoisotopic (exact) mass is 241 g/mol. The van der Waals surface area contributed by atoms with Crippen LogP contribution < -0.4 is 5.32 Å². The van der Waals surface area contributed by atoms with Crippen LogP contribution in [-0.4, -0.2) is 25.8 Å². The van der Waals surface area contributed by atoms with Crippen molar-refractivity contribution >= 4 is 0 Å². The molecule has 0 aliphatic heterocycles. The van der Waals surface area contributed by atoms with Gasteiger partial charge in [0.05, 0.1) is 0 Å². The molecule has 1 rings (SSSR count). The van der Waals surface area contributed by atoms with Crippen LogP contribution in [0.1, 0.15) is 65.7 Å². The standard InChI is InChI=1S/C15H31NO/c1-4-5-12-17-13-6-11-16-14-7-9-15(2,3)10-8-14/h14,16H,4-13H2,1-3H3. The zero-order valence-corrected chi connectivity index (χ0v) is 12.1. The molecule has 102 valence electrons. The van der Waals surface area contributed by atoms with Crippen LogP contribution >= 0.6 is 0 Å². The van der Waals surface area contributed by atoms with Gasteiger partial charge in [0.1, 0.15) is 0 Å². The van der Waals surface area contributed by atoms with E-state index in [9.17, 15) is 0 Å². The summed E-state index contributed by atoms with van der Waals surface area (Å²) >= 11 is 0. The molecule has 2 heteroatoms. The number of rotatable bonds is 8. The van der Waals surface area contributed by atoms with E-state index in [1.807, 2.05) is 0 Å². The van der Waals surface area contributed by atoms with E-state index in [0.717, 1.165) is 32.2 Å². The highest BCUT2D eigenvalue weighted by Gasteiger charge is 2.26. The summed E-state index contributed by atoms with van der Waals surface area (Å²) in [5, 5.41) is 3.67. The van der Waals surface area contributed by atoms with Gasteiger partial charge >= 0.3 is 0 Å². The zero-order chi connectivity index (χ0) is 12.6. The Labute approximate surface area is 108 Å². The molecule has 17 heavy (non-hydrogen) atoms. The highest BCUT2D eigenvalue weighted by Crippen LogP contribution is 2.34.